The lowest BCUT2D eigenvalue weighted by molar-refractivity contribution is -0.223. The fourth-order valence-electron chi connectivity index (χ4n) is 12.5. The molecular weight excluding hydrogens is 1310 g/mol. The van der Waals surface area contributed by atoms with Gasteiger partial charge in [0.25, 0.3) is 0 Å². The Balaban J connectivity index is 0.000000204. The molecule has 3 saturated carbocycles. The van der Waals surface area contributed by atoms with Crippen LogP contribution in [0.4, 0.5) is 0 Å². The highest BCUT2D eigenvalue weighted by atomic mass is 16.8. The molecule has 4 aliphatic carbocycles. The van der Waals surface area contributed by atoms with Crippen molar-refractivity contribution in [1.29, 1.82) is 0 Å². The van der Waals surface area contributed by atoms with E-state index in [1.54, 1.807) is 79.7 Å². The zero-order valence-electron chi connectivity index (χ0n) is 59.7. The normalized spacial score (nSPS) is 39.0. The first-order valence-electron chi connectivity index (χ1n) is 33.1. The van der Waals surface area contributed by atoms with Crippen LogP contribution < -0.4 is 0 Å². The summed E-state index contributed by atoms with van der Waals surface area (Å²) in [5.41, 5.74) is 0. The van der Waals surface area contributed by atoms with E-state index in [4.69, 9.17) is 96.6 Å². The van der Waals surface area contributed by atoms with Crippen molar-refractivity contribution in [3.8, 4) is 0 Å². The molecule has 9 aliphatic heterocycles. The number of methoxy groups -OCH3 is 1. The van der Waals surface area contributed by atoms with Crippen LogP contribution in [0.25, 0.3) is 0 Å². The number of hydrogen-bond acceptors (Lipinski definition) is 30. The summed E-state index contributed by atoms with van der Waals surface area (Å²) in [5, 5.41) is 62.8. The monoisotopic (exact) mass is 1420 g/mol. The molecule has 0 bridgehead atoms. The van der Waals surface area contributed by atoms with Gasteiger partial charge in [0.2, 0.25) is 0 Å². The van der Waals surface area contributed by atoms with Crippen LogP contribution in [0.5, 0.6) is 0 Å². The number of fused-ring (bicyclic) bond motifs is 5. The molecular formula is C69H108O30. The van der Waals surface area contributed by atoms with Crippen molar-refractivity contribution in [3.63, 3.8) is 0 Å². The van der Waals surface area contributed by atoms with Crippen molar-refractivity contribution in [2.45, 2.75) is 311 Å². The van der Waals surface area contributed by atoms with Crippen molar-refractivity contribution in [2.75, 3.05) is 20.3 Å². The Kier molecular flexibility index (Phi) is 30.5. The molecule has 0 radical (unpaired) electrons. The number of aldehydes is 1. The minimum absolute atomic E-state index is 0.0144. The van der Waals surface area contributed by atoms with Gasteiger partial charge in [-0.3, -0.25) is 24.0 Å². The molecule has 564 valence electrons. The maximum Gasteiger partial charge on any atom is 0.306 e. The average molecular weight is 1420 g/mol. The summed E-state index contributed by atoms with van der Waals surface area (Å²) >= 11 is 0. The van der Waals surface area contributed by atoms with E-state index in [-0.39, 0.29) is 109 Å². The number of rotatable bonds is 9. The van der Waals surface area contributed by atoms with Crippen LogP contribution in [0.1, 0.15) is 142 Å². The van der Waals surface area contributed by atoms with Gasteiger partial charge >= 0.3 is 5.97 Å². The number of aliphatic hydroxyl groups is 7. The largest absolute Gasteiger partial charge is 0.469 e. The first-order chi connectivity index (χ1) is 45.9. The highest BCUT2D eigenvalue weighted by molar-refractivity contribution is 5.97. The molecule has 0 spiro atoms. The van der Waals surface area contributed by atoms with Crippen LogP contribution in [0.3, 0.4) is 0 Å². The minimum Gasteiger partial charge on any atom is -0.469 e. The maximum absolute atomic E-state index is 11.9. The summed E-state index contributed by atoms with van der Waals surface area (Å²) < 4.78 is 90.2. The van der Waals surface area contributed by atoms with Crippen LogP contribution in [-0.4, -0.2) is 261 Å². The molecule has 22 atom stereocenters. The third-order valence-corrected chi connectivity index (χ3v) is 16.6. The van der Waals surface area contributed by atoms with E-state index in [2.05, 4.69) is 35.8 Å². The van der Waals surface area contributed by atoms with Crippen molar-refractivity contribution in [3.05, 3.63) is 62.8 Å². The quantitative estimate of drug-likeness (QED) is 0.0991. The van der Waals surface area contributed by atoms with Crippen LogP contribution in [0.2, 0.25) is 0 Å². The average Bonchev–Trinajstić information content (AvgIpc) is 1.64. The second kappa shape index (κ2) is 35.4. The predicted molar refractivity (Wildman–Crippen MR) is 346 cm³/mol. The molecule has 0 amide bonds. The van der Waals surface area contributed by atoms with Gasteiger partial charge in [0.15, 0.2) is 88.6 Å². The summed E-state index contributed by atoms with van der Waals surface area (Å²) in [6.07, 6.45) is 2.92. The number of hydrogen-bond donors (Lipinski definition) is 7. The smallest absolute Gasteiger partial charge is 0.306 e. The molecule has 0 aromatic rings. The van der Waals surface area contributed by atoms with Crippen molar-refractivity contribution in [1.82, 2.24) is 0 Å². The molecule has 13 rings (SSSR count). The van der Waals surface area contributed by atoms with E-state index in [1.165, 1.54) is 19.3 Å². The highest BCUT2D eigenvalue weighted by Crippen LogP contribution is 2.42. The van der Waals surface area contributed by atoms with Gasteiger partial charge in [-0.05, 0) is 135 Å². The van der Waals surface area contributed by atoms with Gasteiger partial charge in [0, 0.05) is 18.8 Å². The lowest BCUT2D eigenvalue weighted by Gasteiger charge is -2.21. The lowest BCUT2D eigenvalue weighted by Crippen LogP contribution is -2.33. The summed E-state index contributed by atoms with van der Waals surface area (Å²) in [6, 6.07) is 0. The Labute approximate surface area is 579 Å². The van der Waals surface area contributed by atoms with Crippen LogP contribution in [0, 0.1) is 5.92 Å². The Morgan fingerprint density at radius 1 is 0.556 bits per heavy atom. The Bertz CT molecular complexity index is 2700. The topological polar surface area (TPSA) is 401 Å². The van der Waals surface area contributed by atoms with Gasteiger partial charge in [0.1, 0.15) is 91.6 Å². The van der Waals surface area contributed by atoms with E-state index >= 15 is 0 Å². The van der Waals surface area contributed by atoms with Gasteiger partial charge in [-0.25, -0.2) is 0 Å². The van der Waals surface area contributed by atoms with E-state index in [1.807, 2.05) is 48.5 Å². The zero-order chi connectivity index (χ0) is 74.7. The molecule has 13 aliphatic rings. The van der Waals surface area contributed by atoms with Gasteiger partial charge in [-0.1, -0.05) is 24.3 Å². The Hall–Kier alpha value is -4.40. The van der Waals surface area contributed by atoms with E-state index < -0.39 is 115 Å². The van der Waals surface area contributed by atoms with Crippen molar-refractivity contribution in [2.24, 2.45) is 5.92 Å². The molecule has 0 aromatic carbocycles. The molecule has 99 heavy (non-hydrogen) atoms. The summed E-state index contributed by atoms with van der Waals surface area (Å²) in [4.78, 5) is 66.8. The zero-order valence-corrected chi connectivity index (χ0v) is 59.7. The Morgan fingerprint density at radius 3 is 1.41 bits per heavy atom. The van der Waals surface area contributed by atoms with Gasteiger partial charge in [-0.15, -0.1) is 26.3 Å². The fraction of sp³-hybridized carbons (Fsp3) is 0.768. The lowest BCUT2D eigenvalue weighted by atomic mass is 10.0. The molecule has 9 saturated heterocycles. The standard InChI is InChI=1S/C11H16O5.C10H16O3.C8H14O5.2C8H12O3.C8H10O3.C8H12O3.C5H10O5.C3H6/c1-11(2)15-7-4-6(5-8(12)14-3)9(13)10(7)16-11;1-5-7(11)9-8(6-2)12-10(3,4)13-9;1-8(2)12-5-4(3-9)11-7(10)6(5)13-8;3*1-8(2)10-6-4-3-5(9)7(6)11-8;1-4-6-7(5-9)11-8(2,3)10-6;6-1-2-3(7)4(8)5(9)10-2;1-3-2/h6-7,10H,4-5H2,1-3H3;5-9,11H,1-2H2,3-4H3;4-7,9-10H,3H2,1-2H3;2*6-7H,3-4H2,1-2H3;3-4,6-7H,1-2H3;4-7H,1H2,2-3H3;2-9H,1H2;3H,1H2,2H3/t6-,7+,10+;7?,8?,9-;4-,5+,6?,7-;2*6-,7+;2*6?,7-;2-,3+,4?,5-;/m01111111./s1. The third-order valence-electron chi connectivity index (χ3n) is 16.6. The molecule has 30 heteroatoms. The van der Waals surface area contributed by atoms with Gasteiger partial charge in [0.05, 0.1) is 45.1 Å². The minimum atomic E-state index is -1.38. The molecule has 30 nitrogen and oxygen atoms in total. The number of carbonyl (C=O) groups excluding carboxylic acids is 6. The first kappa shape index (κ1) is 85.2. The molecule has 9 heterocycles. The summed E-state index contributed by atoms with van der Waals surface area (Å²) in [7, 11) is 1.32. The van der Waals surface area contributed by atoms with E-state index in [0.29, 0.717) is 19.3 Å². The summed E-state index contributed by atoms with van der Waals surface area (Å²) in [5.74, 6) is -4.74. The van der Waals surface area contributed by atoms with Gasteiger partial charge < -0.3 is 121 Å². The Morgan fingerprint density at radius 2 is 0.990 bits per heavy atom. The fourth-order valence-corrected chi connectivity index (χ4v) is 12.5. The predicted octanol–water partition coefficient (Wildman–Crippen LogP) is 3.00. The molecule has 0 aromatic heterocycles. The summed E-state index contributed by atoms with van der Waals surface area (Å²) in [6.45, 7) is 40.6. The third kappa shape index (κ3) is 23.6. The highest BCUT2D eigenvalue weighted by Gasteiger charge is 2.56. The number of ketones is 4. The number of allylic oxidation sites excluding steroid dienone is 1. The van der Waals surface area contributed by atoms with Gasteiger partial charge in [-0.2, -0.15) is 0 Å². The van der Waals surface area contributed by atoms with E-state index in [9.17, 15) is 39.0 Å². The van der Waals surface area contributed by atoms with Crippen molar-refractivity contribution >= 4 is 35.4 Å². The molecule has 12 fully saturated rings. The van der Waals surface area contributed by atoms with E-state index in [0.717, 1.165) is 19.1 Å². The second-order valence-electron chi connectivity index (χ2n) is 28.1. The van der Waals surface area contributed by atoms with Crippen LogP contribution >= 0.6 is 0 Å². The first-order valence-corrected chi connectivity index (χ1v) is 33.1. The number of Topliss-reactive ketones (excluding diaryl/α,β-unsaturated/α-hetero) is 3. The maximum atomic E-state index is 11.9. The van der Waals surface area contributed by atoms with Crippen LogP contribution in [-0.2, 0) is 109 Å². The number of carbonyl (C=O) groups is 6. The van der Waals surface area contributed by atoms with Crippen molar-refractivity contribution < 1.29 is 145 Å². The molecule has 7 N–H and O–H groups in total. The van der Waals surface area contributed by atoms with Crippen LogP contribution in [0.15, 0.2) is 62.8 Å². The SMILES string of the molecule is C=CC.C=CC(O)[C@H]1OC(C)(C)OC1C=C.C=CC1OC(C)(C)O[C@@H]1C=O.CC1(C)OC2C=CC(=O)[C@H]2O1.CC1(C)OC2[C@H](O)O[C@H](CO)[C@@H]2O1.CC1(C)O[C@@H]2CCC(=O)[C@@H]2O1.CC1(C)O[C@@H]2CCC(=O)[C@@H]2O1.COC(=O)C[C@@H]1C[C@H]2OC(C)(C)O[C@H]2C1=O.OC[C@H]1O[C@@H](O)C(O)[C@H]1O. The number of esters is 1. The number of ether oxygens (including phenoxy) is 17. The number of aliphatic hydroxyl groups excluding tert-OH is 7. The second-order valence-corrected chi connectivity index (χ2v) is 28.1. The molecule has 6 unspecified atom stereocenters.